The minimum absolute atomic E-state index is 0.00823. The van der Waals surface area contributed by atoms with Gasteiger partial charge in [0.1, 0.15) is 12.0 Å². The summed E-state index contributed by atoms with van der Waals surface area (Å²) < 4.78 is 9.45. The van der Waals surface area contributed by atoms with Crippen molar-refractivity contribution in [3.63, 3.8) is 0 Å². The van der Waals surface area contributed by atoms with E-state index in [0.717, 1.165) is 25.9 Å². The molecule has 1 aromatic carbocycles. The van der Waals surface area contributed by atoms with Gasteiger partial charge in [-0.1, -0.05) is 5.16 Å². The molecule has 10 nitrogen and oxygen atoms in total. The van der Waals surface area contributed by atoms with Crippen LogP contribution in [0.1, 0.15) is 23.2 Å². The van der Waals surface area contributed by atoms with E-state index in [-0.39, 0.29) is 17.1 Å². The number of nitrogens with one attached hydrogen (secondary N) is 1. The summed E-state index contributed by atoms with van der Waals surface area (Å²) in [7, 11) is 0. The largest absolute Gasteiger partial charge is 0.452 e. The molecule has 0 saturated carbocycles. The fourth-order valence-corrected chi connectivity index (χ4v) is 2.69. The van der Waals surface area contributed by atoms with E-state index < -0.39 is 23.4 Å². The molecule has 10 heteroatoms. The van der Waals surface area contributed by atoms with Crippen LogP contribution in [0.3, 0.4) is 0 Å². The molecule has 136 valence electrons. The number of carbonyl (C=O) groups excluding carboxylic acids is 2. The molecule has 1 aromatic heterocycles. The first-order chi connectivity index (χ1) is 12.5. The zero-order chi connectivity index (χ0) is 18.5. The molecular formula is C16H16N4O6. The number of hydrogen-bond donors (Lipinski definition) is 1. The van der Waals surface area contributed by atoms with Crippen molar-refractivity contribution in [3.8, 4) is 0 Å². The highest BCUT2D eigenvalue weighted by Crippen LogP contribution is 2.31. The van der Waals surface area contributed by atoms with Gasteiger partial charge < -0.3 is 19.5 Å². The van der Waals surface area contributed by atoms with Crippen LogP contribution in [-0.4, -0.2) is 41.7 Å². The number of ether oxygens (including phenoxy) is 1. The van der Waals surface area contributed by atoms with E-state index in [2.05, 4.69) is 15.0 Å². The van der Waals surface area contributed by atoms with Crippen LogP contribution in [0.2, 0.25) is 0 Å². The monoisotopic (exact) mass is 360 g/mol. The number of carbonyl (C=O) groups is 2. The van der Waals surface area contributed by atoms with Gasteiger partial charge in [0.2, 0.25) is 0 Å². The Balaban J connectivity index is 1.66. The Labute approximate surface area is 147 Å². The zero-order valence-corrected chi connectivity index (χ0v) is 13.7. The number of esters is 1. The van der Waals surface area contributed by atoms with Crippen molar-refractivity contribution >= 4 is 29.1 Å². The zero-order valence-electron chi connectivity index (χ0n) is 13.7. The summed E-state index contributed by atoms with van der Waals surface area (Å²) in [6.45, 7) is 0.938. The molecule has 0 spiro atoms. The first kappa shape index (κ1) is 17.4. The van der Waals surface area contributed by atoms with Gasteiger partial charge in [-0.15, -0.1) is 0 Å². The molecular weight excluding hydrogens is 344 g/mol. The summed E-state index contributed by atoms with van der Waals surface area (Å²) in [6, 6.07) is 5.60. The predicted molar refractivity (Wildman–Crippen MR) is 90.0 cm³/mol. The normalized spacial score (nSPS) is 13.5. The Morgan fingerprint density at radius 2 is 2.08 bits per heavy atom. The molecule has 3 rings (SSSR count). The summed E-state index contributed by atoms with van der Waals surface area (Å²) in [5, 5.41) is 17.2. The lowest BCUT2D eigenvalue weighted by Gasteiger charge is -2.17. The number of aromatic nitrogens is 1. The molecule has 1 amide bonds. The molecule has 26 heavy (non-hydrogen) atoms. The van der Waals surface area contributed by atoms with Gasteiger partial charge in [-0.05, 0) is 25.0 Å². The van der Waals surface area contributed by atoms with Crippen LogP contribution in [0.4, 0.5) is 17.2 Å². The molecule has 1 aliphatic rings. The van der Waals surface area contributed by atoms with Crippen LogP contribution in [0.15, 0.2) is 35.1 Å². The predicted octanol–water partition coefficient (Wildman–Crippen LogP) is 1.98. The molecule has 1 aliphatic heterocycles. The summed E-state index contributed by atoms with van der Waals surface area (Å²) in [6.07, 6.45) is 3.23. The van der Waals surface area contributed by atoms with Crippen LogP contribution in [0, 0.1) is 10.1 Å². The van der Waals surface area contributed by atoms with Crippen LogP contribution in [-0.2, 0) is 9.53 Å². The summed E-state index contributed by atoms with van der Waals surface area (Å²) >= 11 is 0. The Morgan fingerprint density at radius 1 is 1.31 bits per heavy atom. The Morgan fingerprint density at radius 3 is 2.73 bits per heavy atom. The highest BCUT2D eigenvalue weighted by atomic mass is 16.6. The van der Waals surface area contributed by atoms with E-state index in [1.165, 1.54) is 30.5 Å². The number of nitro groups is 1. The average Bonchev–Trinajstić information content (AvgIpc) is 3.33. The number of hydrogen-bond acceptors (Lipinski definition) is 8. The molecule has 2 aromatic rings. The number of benzene rings is 1. The molecule has 1 saturated heterocycles. The maximum absolute atomic E-state index is 12.1. The van der Waals surface area contributed by atoms with Crippen molar-refractivity contribution in [2.24, 2.45) is 0 Å². The van der Waals surface area contributed by atoms with Crippen molar-refractivity contribution in [3.05, 3.63) is 46.2 Å². The van der Waals surface area contributed by atoms with Gasteiger partial charge in [0.15, 0.2) is 12.4 Å². The van der Waals surface area contributed by atoms with Gasteiger partial charge in [0.05, 0.1) is 10.5 Å². The highest BCUT2D eigenvalue weighted by Gasteiger charge is 2.24. The Bertz CT molecular complexity index is 814. The van der Waals surface area contributed by atoms with Crippen LogP contribution in [0.25, 0.3) is 0 Å². The lowest BCUT2D eigenvalue weighted by Crippen LogP contribution is -2.21. The van der Waals surface area contributed by atoms with Gasteiger partial charge in [-0.2, -0.15) is 0 Å². The highest BCUT2D eigenvalue weighted by molar-refractivity contribution is 5.95. The molecule has 0 aliphatic carbocycles. The second kappa shape index (κ2) is 7.64. The first-order valence-corrected chi connectivity index (χ1v) is 7.95. The second-order valence-electron chi connectivity index (χ2n) is 5.66. The number of rotatable bonds is 6. The van der Waals surface area contributed by atoms with E-state index in [1.54, 1.807) is 0 Å². The van der Waals surface area contributed by atoms with Crippen LogP contribution >= 0.6 is 0 Å². The third-order valence-electron chi connectivity index (χ3n) is 3.89. The van der Waals surface area contributed by atoms with Crippen molar-refractivity contribution in [2.45, 2.75) is 12.8 Å². The summed E-state index contributed by atoms with van der Waals surface area (Å²) in [5.74, 6) is -1.23. The molecule has 0 atom stereocenters. The molecule has 1 N–H and O–H groups in total. The first-order valence-electron chi connectivity index (χ1n) is 7.95. The number of amides is 1. The number of anilines is 2. The quantitative estimate of drug-likeness (QED) is 0.470. The van der Waals surface area contributed by atoms with Gasteiger partial charge in [-0.3, -0.25) is 14.9 Å². The van der Waals surface area contributed by atoms with Crippen molar-refractivity contribution in [1.82, 2.24) is 5.16 Å². The number of nitrogens with zero attached hydrogens (tertiary/aromatic N) is 3. The Kier molecular flexibility index (Phi) is 5.11. The fraction of sp³-hybridized carbons (Fsp3) is 0.312. The summed E-state index contributed by atoms with van der Waals surface area (Å²) in [5.41, 5.74) is 0.329. The van der Waals surface area contributed by atoms with Crippen molar-refractivity contribution in [2.75, 3.05) is 29.9 Å². The maximum Gasteiger partial charge on any atom is 0.338 e. The fourth-order valence-electron chi connectivity index (χ4n) is 2.69. The minimum Gasteiger partial charge on any atom is -0.452 e. The molecule has 1 fully saturated rings. The van der Waals surface area contributed by atoms with E-state index in [4.69, 9.17) is 4.74 Å². The molecule has 0 bridgehead atoms. The topological polar surface area (TPSA) is 128 Å². The maximum atomic E-state index is 12.1. The van der Waals surface area contributed by atoms with E-state index in [9.17, 15) is 19.7 Å². The molecule has 2 heterocycles. The lowest BCUT2D eigenvalue weighted by atomic mass is 10.1. The molecule has 0 radical (unpaired) electrons. The van der Waals surface area contributed by atoms with Crippen LogP contribution in [0.5, 0.6) is 0 Å². The summed E-state index contributed by atoms with van der Waals surface area (Å²) in [4.78, 5) is 36.5. The van der Waals surface area contributed by atoms with Crippen molar-refractivity contribution < 1.29 is 23.8 Å². The standard InChI is InChI=1S/C16H16N4O6/c21-15(17-14-5-8-26-18-14)10-25-16(22)11-3-4-12(13(9-11)20(23)24)19-6-1-2-7-19/h3-5,8-9H,1-2,6-7,10H2,(H,17,18,21). The Hall–Kier alpha value is -3.43. The van der Waals surface area contributed by atoms with Gasteiger partial charge in [-0.25, -0.2) is 4.79 Å². The van der Waals surface area contributed by atoms with Gasteiger partial charge in [0, 0.05) is 25.2 Å². The van der Waals surface area contributed by atoms with E-state index in [1.807, 2.05) is 4.90 Å². The third kappa shape index (κ3) is 3.97. The van der Waals surface area contributed by atoms with E-state index in [0.29, 0.717) is 5.69 Å². The third-order valence-corrected chi connectivity index (χ3v) is 3.89. The lowest BCUT2D eigenvalue weighted by molar-refractivity contribution is -0.384. The second-order valence-corrected chi connectivity index (χ2v) is 5.66. The minimum atomic E-state index is -0.823. The number of nitro benzene ring substituents is 1. The van der Waals surface area contributed by atoms with Crippen molar-refractivity contribution in [1.29, 1.82) is 0 Å². The molecule has 0 unspecified atom stereocenters. The average molecular weight is 360 g/mol. The van der Waals surface area contributed by atoms with E-state index >= 15 is 0 Å². The smallest absolute Gasteiger partial charge is 0.338 e. The van der Waals surface area contributed by atoms with Gasteiger partial charge in [0.25, 0.3) is 11.6 Å². The SMILES string of the molecule is O=C(COC(=O)c1ccc(N2CCCC2)c([N+](=O)[O-])c1)Nc1ccon1. The van der Waals surface area contributed by atoms with Gasteiger partial charge >= 0.3 is 5.97 Å². The van der Waals surface area contributed by atoms with Crippen LogP contribution < -0.4 is 10.2 Å².